The molecule has 3 N–H and O–H groups in total. The molecule has 0 radical (unpaired) electrons. The summed E-state index contributed by atoms with van der Waals surface area (Å²) in [5, 5.41) is 8.77. The van der Waals surface area contributed by atoms with Crippen molar-refractivity contribution in [3.05, 3.63) is 119 Å². The number of halogens is 1. The van der Waals surface area contributed by atoms with Crippen LogP contribution in [0.25, 0.3) is 0 Å². The van der Waals surface area contributed by atoms with Crippen molar-refractivity contribution in [3.8, 4) is 0 Å². The first-order valence-corrected chi connectivity index (χ1v) is 14.2. The van der Waals surface area contributed by atoms with Crippen LogP contribution in [0.3, 0.4) is 0 Å². The van der Waals surface area contributed by atoms with E-state index in [1.54, 1.807) is 42.5 Å². The number of rotatable bonds is 10. The van der Waals surface area contributed by atoms with Crippen LogP contribution in [0.2, 0.25) is 5.02 Å². The van der Waals surface area contributed by atoms with Crippen LogP contribution in [0.4, 0.5) is 11.4 Å². The zero-order chi connectivity index (χ0) is 27.8. The molecule has 0 unspecified atom stereocenters. The van der Waals surface area contributed by atoms with Gasteiger partial charge in [-0.25, -0.2) is 8.42 Å². The number of hydrogen-bond acceptors (Lipinski definition) is 5. The summed E-state index contributed by atoms with van der Waals surface area (Å²) >= 11 is 6.11. The Morgan fingerprint density at radius 3 is 2.26 bits per heavy atom. The molecule has 4 rings (SSSR count). The van der Waals surface area contributed by atoms with Crippen molar-refractivity contribution in [1.29, 1.82) is 0 Å². The predicted molar refractivity (Wildman–Crippen MR) is 154 cm³/mol. The van der Waals surface area contributed by atoms with Gasteiger partial charge >= 0.3 is 0 Å². The van der Waals surface area contributed by atoms with Gasteiger partial charge in [-0.2, -0.15) is 0 Å². The lowest BCUT2D eigenvalue weighted by molar-refractivity contribution is -0.114. The van der Waals surface area contributed by atoms with E-state index in [4.69, 9.17) is 11.6 Å². The summed E-state index contributed by atoms with van der Waals surface area (Å²) in [4.78, 5) is 25.7. The molecule has 0 bridgehead atoms. The number of nitrogens with one attached hydrogen (secondary N) is 3. The summed E-state index contributed by atoms with van der Waals surface area (Å²) in [5.74, 6) is -0.757. The molecular weight excluding hydrogens is 534 g/mol. The highest BCUT2D eigenvalue weighted by Gasteiger charge is 2.22. The molecule has 0 aromatic heterocycles. The highest BCUT2D eigenvalue weighted by Crippen LogP contribution is 2.30. The normalized spacial score (nSPS) is 11.0. The van der Waals surface area contributed by atoms with Crippen LogP contribution in [0.5, 0.6) is 0 Å². The standard InChI is InChI=1S/C30H28ClN3O4S/c1-21-11-14-24(15-12-21)39(37,38)28-19-23(31)13-16-27(28)33-20-29(35)34-26-10-6-5-9-25(26)30(36)32-18-17-22-7-3-2-4-8-22/h2-16,19,33H,17-18,20H2,1H3,(H,32,36)(H,34,35). The fourth-order valence-electron chi connectivity index (χ4n) is 3.93. The SMILES string of the molecule is Cc1ccc(S(=O)(=O)c2cc(Cl)ccc2NCC(=O)Nc2ccccc2C(=O)NCCc2ccccc2)cc1. The van der Waals surface area contributed by atoms with Gasteiger partial charge in [0.1, 0.15) is 0 Å². The summed E-state index contributed by atoms with van der Waals surface area (Å²) in [6, 6.07) is 27.4. The van der Waals surface area contributed by atoms with E-state index in [-0.39, 0.29) is 33.0 Å². The topological polar surface area (TPSA) is 104 Å². The second-order valence-corrected chi connectivity index (χ2v) is 11.3. The number of amides is 2. The number of carbonyl (C=O) groups is 2. The lowest BCUT2D eigenvalue weighted by Gasteiger charge is -2.15. The maximum absolute atomic E-state index is 13.3. The highest BCUT2D eigenvalue weighted by molar-refractivity contribution is 7.91. The number of carbonyl (C=O) groups excluding carboxylic acids is 2. The van der Waals surface area contributed by atoms with Crippen molar-refractivity contribution in [2.75, 3.05) is 23.7 Å². The first kappa shape index (κ1) is 27.9. The van der Waals surface area contributed by atoms with Crippen LogP contribution in [-0.4, -0.2) is 33.3 Å². The fraction of sp³-hybridized carbons (Fsp3) is 0.133. The smallest absolute Gasteiger partial charge is 0.253 e. The molecule has 0 aliphatic carbocycles. The Balaban J connectivity index is 1.42. The zero-order valence-electron chi connectivity index (χ0n) is 21.3. The second-order valence-electron chi connectivity index (χ2n) is 8.90. The predicted octanol–water partition coefficient (Wildman–Crippen LogP) is 5.50. The summed E-state index contributed by atoms with van der Waals surface area (Å²) in [7, 11) is -3.89. The van der Waals surface area contributed by atoms with Crippen molar-refractivity contribution in [2.45, 2.75) is 23.1 Å². The van der Waals surface area contributed by atoms with Crippen molar-refractivity contribution < 1.29 is 18.0 Å². The Bertz CT molecular complexity index is 1570. The number of anilines is 2. The molecule has 0 atom stereocenters. The summed E-state index contributed by atoms with van der Waals surface area (Å²) in [6.07, 6.45) is 0.681. The third-order valence-electron chi connectivity index (χ3n) is 5.99. The maximum atomic E-state index is 13.3. The van der Waals surface area contributed by atoms with Gasteiger partial charge in [0.15, 0.2) is 0 Å². The molecule has 0 heterocycles. The summed E-state index contributed by atoms with van der Waals surface area (Å²) < 4.78 is 26.6. The number of para-hydroxylation sites is 1. The molecule has 0 fully saturated rings. The van der Waals surface area contributed by atoms with Gasteiger partial charge in [-0.05, 0) is 61.4 Å². The van der Waals surface area contributed by atoms with E-state index >= 15 is 0 Å². The van der Waals surface area contributed by atoms with E-state index in [1.165, 1.54) is 24.3 Å². The van der Waals surface area contributed by atoms with Gasteiger partial charge in [-0.3, -0.25) is 9.59 Å². The number of hydrogen-bond donors (Lipinski definition) is 3. The van der Waals surface area contributed by atoms with Gasteiger partial charge in [-0.1, -0.05) is 71.8 Å². The van der Waals surface area contributed by atoms with Gasteiger partial charge in [0.2, 0.25) is 15.7 Å². The molecule has 4 aromatic carbocycles. The number of benzene rings is 4. The largest absolute Gasteiger partial charge is 0.375 e. The van der Waals surface area contributed by atoms with E-state index in [2.05, 4.69) is 16.0 Å². The maximum Gasteiger partial charge on any atom is 0.253 e. The Morgan fingerprint density at radius 2 is 1.51 bits per heavy atom. The van der Waals surface area contributed by atoms with Crippen molar-refractivity contribution >= 4 is 44.6 Å². The molecular formula is C30H28ClN3O4S. The lowest BCUT2D eigenvalue weighted by atomic mass is 10.1. The molecule has 39 heavy (non-hydrogen) atoms. The Hall–Kier alpha value is -4.14. The van der Waals surface area contributed by atoms with Gasteiger partial charge in [0, 0.05) is 11.6 Å². The molecule has 0 aliphatic heterocycles. The quantitative estimate of drug-likeness (QED) is 0.237. The summed E-state index contributed by atoms with van der Waals surface area (Å²) in [6.45, 7) is 2.08. The highest BCUT2D eigenvalue weighted by atomic mass is 35.5. The second kappa shape index (κ2) is 12.6. The molecule has 4 aromatic rings. The fourth-order valence-corrected chi connectivity index (χ4v) is 5.63. The van der Waals surface area contributed by atoms with E-state index in [0.29, 0.717) is 24.2 Å². The van der Waals surface area contributed by atoms with E-state index in [1.807, 2.05) is 37.3 Å². The molecule has 0 saturated carbocycles. The summed E-state index contributed by atoms with van der Waals surface area (Å²) in [5.41, 5.74) is 2.96. The Labute approximate surface area is 233 Å². The van der Waals surface area contributed by atoms with Crippen LogP contribution in [0.1, 0.15) is 21.5 Å². The third kappa shape index (κ3) is 7.25. The minimum Gasteiger partial charge on any atom is -0.375 e. The number of sulfone groups is 1. The van der Waals surface area contributed by atoms with Crippen LogP contribution in [-0.2, 0) is 21.1 Å². The molecule has 0 aliphatic rings. The Morgan fingerprint density at radius 1 is 0.821 bits per heavy atom. The molecule has 7 nitrogen and oxygen atoms in total. The monoisotopic (exact) mass is 561 g/mol. The van der Waals surface area contributed by atoms with Gasteiger partial charge in [0.05, 0.1) is 33.3 Å². The first-order valence-electron chi connectivity index (χ1n) is 12.3. The third-order valence-corrected chi connectivity index (χ3v) is 8.04. The van der Waals surface area contributed by atoms with Crippen molar-refractivity contribution in [3.63, 3.8) is 0 Å². The molecule has 0 saturated heterocycles. The molecule has 2 amide bonds. The average molecular weight is 562 g/mol. The van der Waals surface area contributed by atoms with E-state index in [0.717, 1.165) is 11.1 Å². The Kier molecular flexibility index (Phi) is 9.01. The zero-order valence-corrected chi connectivity index (χ0v) is 22.9. The van der Waals surface area contributed by atoms with Gasteiger partial charge in [-0.15, -0.1) is 0 Å². The van der Waals surface area contributed by atoms with Crippen molar-refractivity contribution in [1.82, 2.24) is 5.32 Å². The first-order chi connectivity index (χ1) is 18.7. The molecule has 0 spiro atoms. The van der Waals surface area contributed by atoms with Crippen LogP contribution in [0, 0.1) is 6.92 Å². The lowest BCUT2D eigenvalue weighted by Crippen LogP contribution is -2.28. The van der Waals surface area contributed by atoms with Crippen LogP contribution < -0.4 is 16.0 Å². The van der Waals surface area contributed by atoms with Crippen LogP contribution >= 0.6 is 11.6 Å². The number of aryl methyl sites for hydroxylation is 1. The van der Waals surface area contributed by atoms with Gasteiger partial charge < -0.3 is 16.0 Å². The van der Waals surface area contributed by atoms with Crippen LogP contribution in [0.15, 0.2) is 107 Å². The minimum atomic E-state index is -3.89. The van der Waals surface area contributed by atoms with Gasteiger partial charge in [0.25, 0.3) is 5.91 Å². The van der Waals surface area contributed by atoms with Crippen molar-refractivity contribution in [2.24, 2.45) is 0 Å². The van der Waals surface area contributed by atoms with E-state index < -0.39 is 15.7 Å². The minimum absolute atomic E-state index is 0.0372. The molecule has 9 heteroatoms. The van der Waals surface area contributed by atoms with E-state index in [9.17, 15) is 18.0 Å². The average Bonchev–Trinajstić information content (AvgIpc) is 2.93. The molecule has 200 valence electrons.